The first-order chi connectivity index (χ1) is 7.38. The van der Waals surface area contributed by atoms with Crippen molar-refractivity contribution >= 4 is 10.1 Å². The van der Waals surface area contributed by atoms with Gasteiger partial charge in [-0.3, -0.25) is 4.55 Å². The van der Waals surface area contributed by atoms with Crippen LogP contribution in [0.25, 0.3) is 0 Å². The highest BCUT2D eigenvalue weighted by atomic mass is 32.2. The predicted octanol–water partition coefficient (Wildman–Crippen LogP) is -0.714. The van der Waals surface area contributed by atoms with E-state index in [1.54, 1.807) is 0 Å². The van der Waals surface area contributed by atoms with E-state index in [1.165, 1.54) is 18.2 Å². The highest BCUT2D eigenvalue weighted by molar-refractivity contribution is 7.85. The minimum absolute atomic E-state index is 0.0806. The van der Waals surface area contributed by atoms with Gasteiger partial charge >= 0.3 is 0 Å². The van der Waals surface area contributed by atoms with Crippen molar-refractivity contribution in [2.24, 2.45) is 5.73 Å². The molecule has 2 unspecified atom stereocenters. The zero-order valence-electron chi connectivity index (χ0n) is 8.31. The van der Waals surface area contributed by atoms with E-state index in [4.69, 9.17) is 10.3 Å². The molecule has 6 nitrogen and oxygen atoms in total. The van der Waals surface area contributed by atoms with E-state index in [0.29, 0.717) is 0 Å². The molecule has 0 aliphatic heterocycles. The van der Waals surface area contributed by atoms with E-state index in [-0.39, 0.29) is 12.1 Å². The summed E-state index contributed by atoms with van der Waals surface area (Å²) >= 11 is 0. The maximum atomic E-state index is 11.0. The summed E-state index contributed by atoms with van der Waals surface area (Å²) in [5.74, 6) is 0. The van der Waals surface area contributed by atoms with Gasteiger partial charge in [-0.2, -0.15) is 8.42 Å². The number of hydrogen-bond donors (Lipinski definition) is 4. The van der Waals surface area contributed by atoms with E-state index in [1.807, 2.05) is 0 Å². The first-order valence-electron chi connectivity index (χ1n) is 4.50. The molecule has 2 atom stereocenters. The summed E-state index contributed by atoms with van der Waals surface area (Å²) in [5, 5.41) is 18.9. The van der Waals surface area contributed by atoms with E-state index >= 15 is 0 Å². The maximum absolute atomic E-state index is 11.0. The fourth-order valence-corrected chi connectivity index (χ4v) is 2.03. The molecule has 0 heterocycles. The summed E-state index contributed by atoms with van der Waals surface area (Å²) in [4.78, 5) is -0.435. The first-order valence-corrected chi connectivity index (χ1v) is 5.94. The topological polar surface area (TPSA) is 121 Å². The summed E-state index contributed by atoms with van der Waals surface area (Å²) in [7, 11) is -4.43. The molecular formula is C9H13NO5S. The van der Waals surface area contributed by atoms with Crippen molar-refractivity contribution in [2.75, 3.05) is 6.54 Å². The zero-order valence-corrected chi connectivity index (χ0v) is 9.13. The third kappa shape index (κ3) is 2.77. The van der Waals surface area contributed by atoms with Crippen molar-refractivity contribution in [2.45, 2.75) is 17.1 Å². The van der Waals surface area contributed by atoms with Gasteiger partial charge in [-0.1, -0.05) is 18.2 Å². The number of hydrogen-bond acceptors (Lipinski definition) is 5. The molecule has 0 bridgehead atoms. The molecular weight excluding hydrogens is 234 g/mol. The van der Waals surface area contributed by atoms with Gasteiger partial charge in [0.05, 0.1) is 11.0 Å². The second kappa shape index (κ2) is 4.89. The average molecular weight is 247 g/mol. The second-order valence-corrected chi connectivity index (χ2v) is 4.65. The fraction of sp³-hybridized carbons (Fsp3) is 0.333. The Balaban J connectivity index is 3.24. The molecule has 0 saturated heterocycles. The second-order valence-electron chi connectivity index (χ2n) is 3.26. The molecule has 16 heavy (non-hydrogen) atoms. The SMILES string of the molecule is NCC(O)C(O)c1ccccc1S(=O)(=O)O. The molecule has 1 rings (SSSR count). The zero-order chi connectivity index (χ0) is 12.3. The van der Waals surface area contributed by atoms with Crippen LogP contribution >= 0.6 is 0 Å². The molecule has 0 spiro atoms. The molecule has 0 aliphatic rings. The lowest BCUT2D eigenvalue weighted by atomic mass is 10.0. The smallest absolute Gasteiger partial charge is 0.294 e. The Morgan fingerprint density at radius 2 is 1.81 bits per heavy atom. The van der Waals surface area contributed by atoms with E-state index in [0.717, 1.165) is 6.07 Å². The van der Waals surface area contributed by atoms with Gasteiger partial charge in [0.1, 0.15) is 6.10 Å². The number of aliphatic hydroxyl groups is 2. The lowest BCUT2D eigenvalue weighted by Gasteiger charge is -2.18. The van der Waals surface area contributed by atoms with Gasteiger partial charge in [-0.15, -0.1) is 0 Å². The van der Waals surface area contributed by atoms with Crippen LogP contribution in [0.1, 0.15) is 11.7 Å². The Morgan fingerprint density at radius 3 is 2.31 bits per heavy atom. The van der Waals surface area contributed by atoms with Crippen LogP contribution < -0.4 is 5.73 Å². The van der Waals surface area contributed by atoms with Crippen molar-refractivity contribution in [3.8, 4) is 0 Å². The number of rotatable bonds is 4. The van der Waals surface area contributed by atoms with Gasteiger partial charge in [0, 0.05) is 12.1 Å². The minimum atomic E-state index is -4.43. The van der Waals surface area contributed by atoms with Gasteiger partial charge in [0.25, 0.3) is 10.1 Å². The summed E-state index contributed by atoms with van der Waals surface area (Å²) in [5.41, 5.74) is 5.07. The van der Waals surface area contributed by atoms with Crippen LogP contribution in [0.15, 0.2) is 29.2 Å². The fourth-order valence-electron chi connectivity index (χ4n) is 1.30. The number of aliphatic hydroxyl groups excluding tert-OH is 2. The van der Waals surface area contributed by atoms with Gasteiger partial charge < -0.3 is 15.9 Å². The quantitative estimate of drug-likeness (QED) is 0.521. The van der Waals surface area contributed by atoms with Crippen LogP contribution in [0.3, 0.4) is 0 Å². The van der Waals surface area contributed by atoms with Crippen molar-refractivity contribution in [3.05, 3.63) is 29.8 Å². The Morgan fingerprint density at radius 1 is 1.25 bits per heavy atom. The molecule has 0 saturated carbocycles. The lowest BCUT2D eigenvalue weighted by Crippen LogP contribution is -2.28. The van der Waals surface area contributed by atoms with Gasteiger partial charge in [-0.05, 0) is 6.07 Å². The van der Waals surface area contributed by atoms with Crippen molar-refractivity contribution in [1.82, 2.24) is 0 Å². The number of benzene rings is 1. The summed E-state index contributed by atoms with van der Waals surface area (Å²) in [6.07, 6.45) is -2.74. The van der Waals surface area contributed by atoms with Crippen LogP contribution in [-0.4, -0.2) is 35.8 Å². The molecule has 0 fully saturated rings. The summed E-state index contributed by atoms with van der Waals surface area (Å²) in [6, 6.07) is 5.31. The highest BCUT2D eigenvalue weighted by Gasteiger charge is 2.24. The van der Waals surface area contributed by atoms with Crippen LogP contribution in [0.2, 0.25) is 0 Å². The summed E-state index contributed by atoms with van der Waals surface area (Å²) in [6.45, 7) is -0.221. The summed E-state index contributed by atoms with van der Waals surface area (Å²) < 4.78 is 30.9. The first kappa shape index (κ1) is 13.1. The van der Waals surface area contributed by atoms with E-state index < -0.39 is 27.2 Å². The highest BCUT2D eigenvalue weighted by Crippen LogP contribution is 2.24. The molecule has 1 aromatic carbocycles. The van der Waals surface area contributed by atoms with Crippen molar-refractivity contribution in [3.63, 3.8) is 0 Å². The lowest BCUT2D eigenvalue weighted by molar-refractivity contribution is 0.0226. The monoisotopic (exact) mass is 247 g/mol. The molecule has 0 amide bonds. The van der Waals surface area contributed by atoms with Crippen molar-refractivity contribution < 1.29 is 23.2 Å². The Labute approximate surface area is 93.1 Å². The molecule has 90 valence electrons. The number of nitrogens with two attached hydrogens (primary N) is 1. The third-order valence-electron chi connectivity index (χ3n) is 2.12. The Kier molecular flexibility index (Phi) is 4.00. The molecule has 0 aliphatic carbocycles. The standard InChI is InChI=1S/C9H13NO5S/c10-5-7(11)9(12)6-3-1-2-4-8(6)16(13,14)15/h1-4,7,9,11-12H,5,10H2,(H,13,14,15). The Hall–Kier alpha value is -0.990. The third-order valence-corrected chi connectivity index (χ3v) is 3.05. The largest absolute Gasteiger partial charge is 0.389 e. The van der Waals surface area contributed by atoms with Crippen LogP contribution in [0.5, 0.6) is 0 Å². The minimum Gasteiger partial charge on any atom is -0.389 e. The molecule has 0 aromatic heterocycles. The van der Waals surface area contributed by atoms with Gasteiger partial charge in [0.15, 0.2) is 0 Å². The Bertz CT molecular complexity index is 459. The predicted molar refractivity (Wildman–Crippen MR) is 56.3 cm³/mol. The van der Waals surface area contributed by atoms with E-state index in [9.17, 15) is 18.6 Å². The van der Waals surface area contributed by atoms with Crippen LogP contribution in [0, 0.1) is 0 Å². The van der Waals surface area contributed by atoms with Crippen molar-refractivity contribution in [1.29, 1.82) is 0 Å². The van der Waals surface area contributed by atoms with E-state index in [2.05, 4.69) is 0 Å². The molecule has 0 radical (unpaired) electrons. The normalized spacial score (nSPS) is 15.8. The van der Waals surface area contributed by atoms with Gasteiger partial charge in [-0.25, -0.2) is 0 Å². The molecule has 7 heteroatoms. The molecule has 5 N–H and O–H groups in total. The molecule has 1 aromatic rings. The van der Waals surface area contributed by atoms with Crippen LogP contribution in [-0.2, 0) is 10.1 Å². The van der Waals surface area contributed by atoms with Crippen LogP contribution in [0.4, 0.5) is 0 Å². The maximum Gasteiger partial charge on any atom is 0.294 e. The van der Waals surface area contributed by atoms with Gasteiger partial charge in [0.2, 0.25) is 0 Å². The average Bonchev–Trinajstić information content (AvgIpc) is 2.26.